The minimum absolute atomic E-state index is 0.680. The molecule has 2 N–H and O–H groups in total. The van der Waals surface area contributed by atoms with Crippen LogP contribution in [-0.2, 0) is 0 Å². The Morgan fingerprint density at radius 3 is 2.79 bits per heavy atom. The number of pyridine rings is 1. The van der Waals surface area contributed by atoms with Crippen molar-refractivity contribution in [1.82, 2.24) is 15.2 Å². The highest BCUT2D eigenvalue weighted by molar-refractivity contribution is 5.97. The second-order valence-electron chi connectivity index (χ2n) is 6.07. The molecule has 0 radical (unpaired) electrons. The first-order valence-corrected chi connectivity index (χ1v) is 8.50. The summed E-state index contributed by atoms with van der Waals surface area (Å²) in [6.07, 6.45) is 3.60. The summed E-state index contributed by atoms with van der Waals surface area (Å²) in [5.41, 5.74) is 4.07. The molecule has 1 saturated heterocycles. The second-order valence-corrected chi connectivity index (χ2v) is 6.07. The van der Waals surface area contributed by atoms with Crippen molar-refractivity contribution in [3.8, 4) is 11.1 Å². The molecule has 1 aliphatic heterocycles. The molecule has 1 aliphatic rings. The zero-order valence-corrected chi connectivity index (χ0v) is 13.7. The first kappa shape index (κ1) is 15.2. The van der Waals surface area contributed by atoms with Gasteiger partial charge in [0, 0.05) is 51.0 Å². The molecule has 1 aromatic carbocycles. The van der Waals surface area contributed by atoms with Crippen LogP contribution in [0.4, 0.5) is 5.69 Å². The number of benzene rings is 1. The van der Waals surface area contributed by atoms with Gasteiger partial charge in [0.1, 0.15) is 0 Å². The quantitative estimate of drug-likeness (QED) is 0.756. The van der Waals surface area contributed by atoms with E-state index in [-0.39, 0.29) is 0 Å². The van der Waals surface area contributed by atoms with Crippen LogP contribution in [0.1, 0.15) is 0 Å². The van der Waals surface area contributed by atoms with E-state index < -0.39 is 0 Å². The van der Waals surface area contributed by atoms with Crippen molar-refractivity contribution in [2.75, 3.05) is 44.6 Å². The average Bonchev–Trinajstić information content (AvgIpc) is 3.12. The third-order valence-corrected chi connectivity index (χ3v) is 4.52. The van der Waals surface area contributed by atoms with E-state index in [0.29, 0.717) is 5.71 Å². The standard InChI is InChI=1S/C19H22N4O/c1-2-4-15(5-3-1)17-14-22-19-16(6-13-24-19)18(17)21-9-12-23-10-7-20-8-11-23/h1-6,13-14,20H,7-12H2,(H,21,22). The van der Waals surface area contributed by atoms with E-state index in [9.17, 15) is 0 Å². The van der Waals surface area contributed by atoms with Crippen LogP contribution >= 0.6 is 0 Å². The van der Waals surface area contributed by atoms with Crippen LogP contribution < -0.4 is 10.6 Å². The van der Waals surface area contributed by atoms with Crippen LogP contribution in [0.15, 0.2) is 53.3 Å². The smallest absolute Gasteiger partial charge is 0.227 e. The van der Waals surface area contributed by atoms with Gasteiger partial charge in [-0.15, -0.1) is 0 Å². The number of piperazine rings is 1. The van der Waals surface area contributed by atoms with Gasteiger partial charge in [-0.1, -0.05) is 30.3 Å². The molecule has 1 fully saturated rings. The number of nitrogens with zero attached hydrogens (tertiary/aromatic N) is 2. The molecule has 0 saturated carbocycles. The Morgan fingerprint density at radius 2 is 1.96 bits per heavy atom. The largest absolute Gasteiger partial charge is 0.446 e. The Balaban J connectivity index is 1.58. The molecule has 0 bridgehead atoms. The lowest BCUT2D eigenvalue weighted by Gasteiger charge is -2.27. The number of aromatic nitrogens is 1. The zero-order valence-electron chi connectivity index (χ0n) is 13.7. The van der Waals surface area contributed by atoms with Crippen LogP contribution in [0.5, 0.6) is 0 Å². The van der Waals surface area contributed by atoms with E-state index in [2.05, 4.69) is 44.8 Å². The highest BCUT2D eigenvalue weighted by Crippen LogP contribution is 2.33. The summed E-state index contributed by atoms with van der Waals surface area (Å²) in [7, 11) is 0. The van der Waals surface area contributed by atoms with Crippen molar-refractivity contribution in [3.05, 3.63) is 48.9 Å². The van der Waals surface area contributed by atoms with Gasteiger partial charge in [0.15, 0.2) is 0 Å². The highest BCUT2D eigenvalue weighted by Gasteiger charge is 2.13. The molecule has 24 heavy (non-hydrogen) atoms. The minimum atomic E-state index is 0.680. The molecular formula is C19H22N4O. The summed E-state index contributed by atoms with van der Waals surface area (Å²) in [5.74, 6) is 0. The number of fused-ring (bicyclic) bond motifs is 1. The van der Waals surface area contributed by atoms with Crippen molar-refractivity contribution in [2.45, 2.75) is 0 Å². The van der Waals surface area contributed by atoms with Crippen molar-refractivity contribution in [3.63, 3.8) is 0 Å². The second kappa shape index (κ2) is 7.03. The fourth-order valence-electron chi connectivity index (χ4n) is 3.23. The predicted octanol–water partition coefficient (Wildman–Crippen LogP) is 2.81. The third kappa shape index (κ3) is 3.13. The fourth-order valence-corrected chi connectivity index (χ4v) is 3.23. The van der Waals surface area contributed by atoms with Crippen molar-refractivity contribution in [2.24, 2.45) is 0 Å². The van der Waals surface area contributed by atoms with Crippen molar-refractivity contribution in [1.29, 1.82) is 0 Å². The summed E-state index contributed by atoms with van der Waals surface area (Å²) >= 11 is 0. The lowest BCUT2D eigenvalue weighted by atomic mass is 10.0. The molecule has 0 unspecified atom stereocenters. The van der Waals surface area contributed by atoms with Gasteiger partial charge in [0.25, 0.3) is 0 Å². The van der Waals surface area contributed by atoms with Gasteiger partial charge in [-0.2, -0.15) is 0 Å². The SMILES string of the molecule is c1ccc(-c2cnc3occc3c2NCCN2CCNCC2)cc1. The maximum absolute atomic E-state index is 5.48. The van der Waals surface area contributed by atoms with Gasteiger partial charge in [0.05, 0.1) is 17.3 Å². The topological polar surface area (TPSA) is 53.3 Å². The van der Waals surface area contributed by atoms with Gasteiger partial charge in [-0.05, 0) is 11.6 Å². The van der Waals surface area contributed by atoms with Gasteiger partial charge < -0.3 is 15.1 Å². The third-order valence-electron chi connectivity index (χ3n) is 4.52. The summed E-state index contributed by atoms with van der Waals surface area (Å²) in [6, 6.07) is 12.4. The Morgan fingerprint density at radius 1 is 1.12 bits per heavy atom. The molecule has 3 aromatic rings. The van der Waals surface area contributed by atoms with E-state index in [1.54, 1.807) is 6.26 Å². The van der Waals surface area contributed by atoms with Gasteiger partial charge in [-0.25, -0.2) is 4.98 Å². The number of nitrogens with one attached hydrogen (secondary N) is 2. The number of hydrogen-bond donors (Lipinski definition) is 2. The molecule has 3 heterocycles. The summed E-state index contributed by atoms with van der Waals surface area (Å²) < 4.78 is 5.48. The Kier molecular flexibility index (Phi) is 4.44. The van der Waals surface area contributed by atoms with Crippen LogP contribution in [0.25, 0.3) is 22.2 Å². The molecule has 124 valence electrons. The summed E-state index contributed by atoms with van der Waals surface area (Å²) in [4.78, 5) is 6.94. The van der Waals surface area contributed by atoms with E-state index >= 15 is 0 Å². The van der Waals surface area contributed by atoms with Crippen LogP contribution in [0, 0.1) is 0 Å². The average molecular weight is 322 g/mol. The maximum Gasteiger partial charge on any atom is 0.227 e. The molecule has 4 rings (SSSR count). The van der Waals surface area contributed by atoms with Crippen LogP contribution in [0.3, 0.4) is 0 Å². The van der Waals surface area contributed by atoms with E-state index in [1.165, 1.54) is 0 Å². The zero-order chi connectivity index (χ0) is 16.2. The van der Waals surface area contributed by atoms with Crippen LogP contribution in [0.2, 0.25) is 0 Å². The number of rotatable bonds is 5. The molecule has 0 atom stereocenters. The Hall–Kier alpha value is -2.37. The van der Waals surface area contributed by atoms with Gasteiger partial charge in [0.2, 0.25) is 5.71 Å². The predicted molar refractivity (Wildman–Crippen MR) is 97.2 cm³/mol. The lowest BCUT2D eigenvalue weighted by molar-refractivity contribution is 0.249. The lowest BCUT2D eigenvalue weighted by Crippen LogP contribution is -2.45. The number of anilines is 1. The molecule has 0 amide bonds. The molecule has 0 aliphatic carbocycles. The monoisotopic (exact) mass is 322 g/mol. The summed E-state index contributed by atoms with van der Waals surface area (Å²) in [5, 5.41) is 8.06. The van der Waals surface area contributed by atoms with Crippen molar-refractivity contribution >= 4 is 16.8 Å². The molecule has 2 aromatic heterocycles. The van der Waals surface area contributed by atoms with E-state index in [1.807, 2.05) is 18.3 Å². The number of hydrogen-bond acceptors (Lipinski definition) is 5. The minimum Gasteiger partial charge on any atom is -0.446 e. The fraction of sp³-hybridized carbons (Fsp3) is 0.316. The Labute approximate surface area is 141 Å². The molecule has 5 heteroatoms. The van der Waals surface area contributed by atoms with E-state index in [4.69, 9.17) is 4.42 Å². The maximum atomic E-state index is 5.48. The highest BCUT2D eigenvalue weighted by atomic mass is 16.3. The first-order valence-electron chi connectivity index (χ1n) is 8.50. The Bertz CT molecular complexity index is 793. The number of furan rings is 1. The van der Waals surface area contributed by atoms with Gasteiger partial charge >= 0.3 is 0 Å². The van der Waals surface area contributed by atoms with Gasteiger partial charge in [-0.3, -0.25) is 4.90 Å². The summed E-state index contributed by atoms with van der Waals surface area (Å²) in [6.45, 7) is 6.34. The molecular weight excluding hydrogens is 300 g/mol. The normalized spacial score (nSPS) is 15.7. The molecule has 5 nitrogen and oxygen atoms in total. The van der Waals surface area contributed by atoms with Crippen LogP contribution in [-0.4, -0.2) is 49.2 Å². The first-order chi connectivity index (χ1) is 11.9. The molecule has 0 spiro atoms. The van der Waals surface area contributed by atoms with E-state index in [0.717, 1.165) is 61.5 Å². The van der Waals surface area contributed by atoms with Crippen molar-refractivity contribution < 1.29 is 4.42 Å².